The van der Waals surface area contributed by atoms with Crippen molar-refractivity contribution in [3.8, 4) is 5.69 Å². The summed E-state index contributed by atoms with van der Waals surface area (Å²) in [4.78, 5) is 12.0. The van der Waals surface area contributed by atoms with Crippen LogP contribution >= 0.6 is 0 Å². The van der Waals surface area contributed by atoms with E-state index in [9.17, 15) is 9.18 Å². The van der Waals surface area contributed by atoms with Crippen molar-refractivity contribution in [2.75, 3.05) is 6.61 Å². The highest BCUT2D eigenvalue weighted by molar-refractivity contribution is 5.90. The minimum absolute atomic E-state index is 0.0800. The second-order valence-corrected chi connectivity index (χ2v) is 5.16. The Kier molecular flexibility index (Phi) is 4.40. The van der Waals surface area contributed by atoms with Crippen LogP contribution in [-0.2, 0) is 4.74 Å². The molecule has 4 nitrogen and oxygen atoms in total. The van der Waals surface area contributed by atoms with Crippen LogP contribution in [0, 0.1) is 12.7 Å². The lowest BCUT2D eigenvalue weighted by atomic mass is 10.1. The number of ether oxygens (including phenoxy) is 1. The molecule has 1 heterocycles. The molecule has 0 spiro atoms. The van der Waals surface area contributed by atoms with Gasteiger partial charge in [0, 0.05) is 0 Å². The van der Waals surface area contributed by atoms with Gasteiger partial charge in [-0.1, -0.05) is 13.8 Å². The maximum absolute atomic E-state index is 13.3. The molecule has 0 aliphatic heterocycles. The first-order chi connectivity index (χ1) is 9.95. The monoisotopic (exact) mass is 290 g/mol. The fourth-order valence-corrected chi connectivity index (χ4v) is 2.33. The molecule has 21 heavy (non-hydrogen) atoms. The summed E-state index contributed by atoms with van der Waals surface area (Å²) in [7, 11) is 0. The number of carbonyl (C=O) groups excluding carboxylic acids is 1. The van der Waals surface area contributed by atoms with E-state index in [-0.39, 0.29) is 17.7 Å². The van der Waals surface area contributed by atoms with Crippen LogP contribution < -0.4 is 0 Å². The molecule has 1 aromatic carbocycles. The maximum atomic E-state index is 13.3. The molecule has 0 saturated carbocycles. The fourth-order valence-electron chi connectivity index (χ4n) is 2.33. The highest BCUT2D eigenvalue weighted by Gasteiger charge is 2.22. The second kappa shape index (κ2) is 6.08. The molecule has 0 amide bonds. The lowest BCUT2D eigenvalue weighted by Crippen LogP contribution is -2.11. The fraction of sp³-hybridized carbons (Fsp3) is 0.375. The van der Waals surface area contributed by atoms with Crippen LogP contribution in [0.25, 0.3) is 5.69 Å². The predicted octanol–water partition coefficient (Wildman–Crippen LogP) is 3.62. The van der Waals surface area contributed by atoms with Crippen molar-refractivity contribution in [2.45, 2.75) is 33.6 Å². The van der Waals surface area contributed by atoms with Gasteiger partial charge in [-0.3, -0.25) is 0 Å². The Morgan fingerprint density at radius 3 is 2.71 bits per heavy atom. The summed E-state index contributed by atoms with van der Waals surface area (Å²) in [6.45, 7) is 7.86. The summed E-state index contributed by atoms with van der Waals surface area (Å²) in [5, 5.41) is 4.29. The number of aryl methyl sites for hydroxylation is 1. The third-order valence-corrected chi connectivity index (χ3v) is 3.24. The van der Waals surface area contributed by atoms with Gasteiger partial charge < -0.3 is 4.74 Å². The van der Waals surface area contributed by atoms with Crippen molar-refractivity contribution in [1.29, 1.82) is 0 Å². The topological polar surface area (TPSA) is 44.1 Å². The van der Waals surface area contributed by atoms with Crippen LogP contribution in [-0.4, -0.2) is 22.4 Å². The van der Waals surface area contributed by atoms with E-state index in [4.69, 9.17) is 4.74 Å². The Morgan fingerprint density at radius 2 is 2.14 bits per heavy atom. The van der Waals surface area contributed by atoms with Crippen molar-refractivity contribution in [2.24, 2.45) is 0 Å². The van der Waals surface area contributed by atoms with Crippen LogP contribution in [0.4, 0.5) is 4.39 Å². The molecule has 0 bridgehead atoms. The standard InChI is InChI=1S/C16H19FN2O2/c1-5-21-16(20)13-9-18-19(15(13)10(2)3)14-7-6-12(17)8-11(14)4/h6-10H,5H2,1-4H3. The van der Waals surface area contributed by atoms with Gasteiger partial charge in [0.2, 0.25) is 0 Å². The zero-order chi connectivity index (χ0) is 15.6. The molecule has 0 aliphatic carbocycles. The highest BCUT2D eigenvalue weighted by Crippen LogP contribution is 2.25. The van der Waals surface area contributed by atoms with Crippen LogP contribution in [0.15, 0.2) is 24.4 Å². The number of halogens is 1. The first-order valence-electron chi connectivity index (χ1n) is 6.97. The molecule has 0 fully saturated rings. The summed E-state index contributed by atoms with van der Waals surface area (Å²) >= 11 is 0. The van der Waals surface area contributed by atoms with E-state index in [0.717, 1.165) is 16.9 Å². The number of aromatic nitrogens is 2. The summed E-state index contributed by atoms with van der Waals surface area (Å²) in [6.07, 6.45) is 1.51. The number of hydrogen-bond acceptors (Lipinski definition) is 3. The summed E-state index contributed by atoms with van der Waals surface area (Å²) in [5.41, 5.74) is 2.74. The Bertz CT molecular complexity index is 662. The number of nitrogens with zero attached hydrogens (tertiary/aromatic N) is 2. The zero-order valence-corrected chi connectivity index (χ0v) is 12.7. The minimum atomic E-state index is -0.382. The van der Waals surface area contributed by atoms with Gasteiger partial charge in [0.15, 0.2) is 0 Å². The lowest BCUT2D eigenvalue weighted by molar-refractivity contribution is 0.0524. The van der Waals surface area contributed by atoms with Gasteiger partial charge in [0.25, 0.3) is 0 Å². The molecule has 112 valence electrons. The number of carbonyl (C=O) groups is 1. The highest BCUT2D eigenvalue weighted by atomic mass is 19.1. The summed E-state index contributed by atoms with van der Waals surface area (Å²) in [6, 6.07) is 4.50. The predicted molar refractivity (Wildman–Crippen MR) is 78.3 cm³/mol. The van der Waals surface area contributed by atoms with E-state index in [1.54, 1.807) is 17.7 Å². The Hall–Kier alpha value is -2.17. The third-order valence-electron chi connectivity index (χ3n) is 3.24. The van der Waals surface area contributed by atoms with Crippen LogP contribution in [0.3, 0.4) is 0 Å². The van der Waals surface area contributed by atoms with E-state index in [1.807, 2.05) is 20.8 Å². The zero-order valence-electron chi connectivity index (χ0n) is 12.7. The first-order valence-corrected chi connectivity index (χ1v) is 6.97. The van der Waals surface area contributed by atoms with E-state index in [0.29, 0.717) is 12.2 Å². The smallest absolute Gasteiger partial charge is 0.341 e. The van der Waals surface area contributed by atoms with Gasteiger partial charge in [-0.2, -0.15) is 5.10 Å². The van der Waals surface area contributed by atoms with Gasteiger partial charge in [0.05, 0.1) is 24.2 Å². The quantitative estimate of drug-likeness (QED) is 0.808. The average molecular weight is 290 g/mol. The maximum Gasteiger partial charge on any atom is 0.341 e. The Balaban J connectivity index is 2.57. The normalized spacial score (nSPS) is 11.0. The average Bonchev–Trinajstić information content (AvgIpc) is 2.83. The second-order valence-electron chi connectivity index (χ2n) is 5.16. The van der Waals surface area contributed by atoms with E-state index in [1.165, 1.54) is 18.3 Å². The van der Waals surface area contributed by atoms with Crippen molar-refractivity contribution < 1.29 is 13.9 Å². The largest absolute Gasteiger partial charge is 0.462 e. The Morgan fingerprint density at radius 1 is 1.43 bits per heavy atom. The molecule has 0 unspecified atom stereocenters. The SMILES string of the molecule is CCOC(=O)c1cnn(-c2ccc(F)cc2C)c1C(C)C. The van der Waals surface area contributed by atoms with Crippen molar-refractivity contribution in [1.82, 2.24) is 9.78 Å². The van der Waals surface area contributed by atoms with Gasteiger partial charge in [-0.05, 0) is 43.5 Å². The number of esters is 1. The minimum Gasteiger partial charge on any atom is -0.462 e. The summed E-state index contributed by atoms with van der Waals surface area (Å²) in [5.74, 6) is -0.594. The Labute approximate surface area is 123 Å². The van der Waals surface area contributed by atoms with E-state index < -0.39 is 0 Å². The molecular formula is C16H19FN2O2. The van der Waals surface area contributed by atoms with Crippen LogP contribution in [0.2, 0.25) is 0 Å². The summed E-state index contributed by atoms with van der Waals surface area (Å²) < 4.78 is 20.0. The molecule has 2 aromatic rings. The van der Waals surface area contributed by atoms with Gasteiger partial charge >= 0.3 is 5.97 Å². The molecule has 5 heteroatoms. The first kappa shape index (κ1) is 15.2. The lowest BCUT2D eigenvalue weighted by Gasteiger charge is -2.14. The molecule has 0 N–H and O–H groups in total. The molecule has 0 atom stereocenters. The van der Waals surface area contributed by atoms with Crippen LogP contribution in [0.5, 0.6) is 0 Å². The van der Waals surface area contributed by atoms with Crippen molar-refractivity contribution >= 4 is 5.97 Å². The third kappa shape index (κ3) is 2.96. The molecular weight excluding hydrogens is 271 g/mol. The van der Waals surface area contributed by atoms with Gasteiger partial charge in [-0.25, -0.2) is 13.9 Å². The molecule has 1 aromatic heterocycles. The number of benzene rings is 1. The number of hydrogen-bond donors (Lipinski definition) is 0. The van der Waals surface area contributed by atoms with Crippen molar-refractivity contribution in [3.05, 3.63) is 47.0 Å². The van der Waals surface area contributed by atoms with Crippen molar-refractivity contribution in [3.63, 3.8) is 0 Å². The van der Waals surface area contributed by atoms with E-state index in [2.05, 4.69) is 5.10 Å². The molecule has 0 aliphatic rings. The molecule has 0 radical (unpaired) electrons. The number of rotatable bonds is 4. The van der Waals surface area contributed by atoms with E-state index >= 15 is 0 Å². The van der Waals surface area contributed by atoms with Crippen LogP contribution in [0.1, 0.15) is 48.3 Å². The van der Waals surface area contributed by atoms with Gasteiger partial charge in [0.1, 0.15) is 11.4 Å². The molecule has 0 saturated heterocycles. The molecule has 2 rings (SSSR count). The van der Waals surface area contributed by atoms with Gasteiger partial charge in [-0.15, -0.1) is 0 Å².